The Kier molecular flexibility index (Phi) is 11.1. The summed E-state index contributed by atoms with van der Waals surface area (Å²) in [5.74, 6) is 0.318. The van der Waals surface area contributed by atoms with Crippen LogP contribution in [0.15, 0.2) is 29.3 Å². The van der Waals surface area contributed by atoms with E-state index in [4.69, 9.17) is 4.74 Å². The summed E-state index contributed by atoms with van der Waals surface area (Å²) < 4.78 is 23.2. The summed E-state index contributed by atoms with van der Waals surface area (Å²) in [4.78, 5) is 15.4. The lowest BCUT2D eigenvalue weighted by molar-refractivity contribution is -0.144. The second kappa shape index (κ2) is 11.9. The molecule has 0 spiro atoms. The minimum absolute atomic E-state index is 0. The molecule has 0 fully saturated rings. The zero-order valence-corrected chi connectivity index (χ0v) is 16.7. The predicted molar refractivity (Wildman–Crippen MR) is 102 cm³/mol. The minimum atomic E-state index is -0.299. The molecule has 6 nitrogen and oxygen atoms in total. The zero-order valence-electron chi connectivity index (χ0n) is 14.3. The molecule has 0 bridgehead atoms. The molecule has 1 rings (SSSR count). The van der Waals surface area contributed by atoms with Gasteiger partial charge in [-0.3, -0.25) is 9.79 Å². The van der Waals surface area contributed by atoms with E-state index in [9.17, 15) is 9.18 Å². The van der Waals surface area contributed by atoms with Crippen molar-refractivity contribution in [3.8, 4) is 5.75 Å². The number of nitrogens with one attached hydrogen (secondary N) is 2. The highest BCUT2D eigenvalue weighted by molar-refractivity contribution is 14.0. The quantitative estimate of drug-likeness (QED) is 0.287. The van der Waals surface area contributed by atoms with Crippen molar-refractivity contribution in [3.05, 3.63) is 30.1 Å². The monoisotopic (exact) mass is 453 g/mol. The van der Waals surface area contributed by atoms with Gasteiger partial charge in [-0.1, -0.05) is 6.92 Å². The third kappa shape index (κ3) is 8.32. The highest BCUT2D eigenvalue weighted by Gasteiger charge is 2.13. The molecule has 24 heavy (non-hydrogen) atoms. The molecule has 0 aliphatic carbocycles. The number of aliphatic imine (C=N–C) groups is 1. The fraction of sp³-hybridized carbons (Fsp3) is 0.500. The van der Waals surface area contributed by atoms with Crippen molar-refractivity contribution in [2.45, 2.75) is 20.0 Å². The Hall–Kier alpha value is -1.58. The van der Waals surface area contributed by atoms with Gasteiger partial charge in [-0.25, -0.2) is 4.39 Å². The van der Waals surface area contributed by atoms with Gasteiger partial charge in [0.2, 0.25) is 0 Å². The molecular formula is C16H25FIN3O3. The SMILES string of the molecule is CN=C(NCC(C)Oc1ccc(F)cc1)NCC(C)C(=O)OC.I. The van der Waals surface area contributed by atoms with Crippen LogP contribution < -0.4 is 15.4 Å². The molecule has 0 aliphatic heterocycles. The summed E-state index contributed by atoms with van der Waals surface area (Å²) >= 11 is 0. The van der Waals surface area contributed by atoms with Crippen LogP contribution in [0.4, 0.5) is 4.39 Å². The number of methoxy groups -OCH3 is 1. The van der Waals surface area contributed by atoms with E-state index in [0.717, 1.165) is 0 Å². The molecule has 0 aliphatic rings. The van der Waals surface area contributed by atoms with Crippen LogP contribution in [0.3, 0.4) is 0 Å². The van der Waals surface area contributed by atoms with Gasteiger partial charge in [-0.15, -0.1) is 24.0 Å². The number of hydrogen-bond acceptors (Lipinski definition) is 4. The van der Waals surface area contributed by atoms with E-state index in [0.29, 0.717) is 24.8 Å². The molecular weight excluding hydrogens is 428 g/mol. The first-order chi connectivity index (χ1) is 11.0. The standard InChI is InChI=1S/C16H24FN3O3.HI/c1-11(15(21)22-4)9-19-16(18-3)20-10-12(2)23-14-7-5-13(17)6-8-14;/h5-8,11-12H,9-10H2,1-4H3,(H2,18,19,20);1H. The second-order valence-electron chi connectivity index (χ2n) is 5.14. The van der Waals surface area contributed by atoms with Crippen LogP contribution >= 0.6 is 24.0 Å². The van der Waals surface area contributed by atoms with Crippen LogP contribution in [0.5, 0.6) is 5.75 Å². The number of guanidine groups is 1. The van der Waals surface area contributed by atoms with Gasteiger partial charge in [0.05, 0.1) is 19.6 Å². The number of carbonyl (C=O) groups is 1. The maximum Gasteiger partial charge on any atom is 0.310 e. The normalized spacial score (nSPS) is 13.3. The Morgan fingerprint density at radius 1 is 1.21 bits per heavy atom. The molecule has 2 unspecified atom stereocenters. The number of halogens is 2. The van der Waals surface area contributed by atoms with E-state index in [1.807, 2.05) is 6.92 Å². The summed E-state index contributed by atoms with van der Waals surface area (Å²) in [6, 6.07) is 5.86. The van der Waals surface area contributed by atoms with Crippen LogP contribution in [0.2, 0.25) is 0 Å². The minimum Gasteiger partial charge on any atom is -0.489 e. The molecule has 2 atom stereocenters. The summed E-state index contributed by atoms with van der Waals surface area (Å²) in [7, 11) is 3.00. The second-order valence-corrected chi connectivity index (χ2v) is 5.14. The largest absolute Gasteiger partial charge is 0.489 e. The smallest absolute Gasteiger partial charge is 0.310 e. The van der Waals surface area contributed by atoms with Crippen LogP contribution in [-0.2, 0) is 9.53 Å². The van der Waals surface area contributed by atoms with Crippen molar-refractivity contribution >= 4 is 35.9 Å². The molecule has 8 heteroatoms. The molecule has 0 aromatic heterocycles. The van der Waals surface area contributed by atoms with E-state index in [-0.39, 0.29) is 47.8 Å². The third-order valence-corrected chi connectivity index (χ3v) is 3.11. The molecule has 0 heterocycles. The van der Waals surface area contributed by atoms with E-state index >= 15 is 0 Å². The van der Waals surface area contributed by atoms with Crippen molar-refractivity contribution in [1.29, 1.82) is 0 Å². The average molecular weight is 453 g/mol. The summed E-state index contributed by atoms with van der Waals surface area (Å²) in [6.45, 7) is 4.58. The molecule has 1 aromatic carbocycles. The van der Waals surface area contributed by atoms with Gasteiger partial charge in [0, 0.05) is 13.6 Å². The topological polar surface area (TPSA) is 72.0 Å². The molecule has 0 saturated carbocycles. The lowest BCUT2D eigenvalue weighted by Crippen LogP contribution is -2.44. The van der Waals surface area contributed by atoms with Gasteiger partial charge in [-0.2, -0.15) is 0 Å². The molecule has 1 aromatic rings. The molecule has 0 amide bonds. The first-order valence-corrected chi connectivity index (χ1v) is 7.40. The number of rotatable bonds is 7. The molecule has 0 saturated heterocycles. The molecule has 2 N–H and O–H groups in total. The maximum absolute atomic E-state index is 12.8. The van der Waals surface area contributed by atoms with E-state index in [2.05, 4.69) is 20.4 Å². The van der Waals surface area contributed by atoms with E-state index in [1.165, 1.54) is 19.2 Å². The highest BCUT2D eigenvalue weighted by Crippen LogP contribution is 2.12. The van der Waals surface area contributed by atoms with Crippen molar-refractivity contribution in [1.82, 2.24) is 10.6 Å². The lowest BCUT2D eigenvalue weighted by Gasteiger charge is -2.18. The van der Waals surface area contributed by atoms with Crippen molar-refractivity contribution in [2.24, 2.45) is 10.9 Å². The summed E-state index contributed by atoms with van der Waals surface area (Å²) in [6.07, 6.45) is -0.142. The van der Waals surface area contributed by atoms with Crippen LogP contribution in [0.25, 0.3) is 0 Å². The number of benzene rings is 1. The maximum atomic E-state index is 12.8. The van der Waals surface area contributed by atoms with Crippen LogP contribution in [0, 0.1) is 11.7 Å². The van der Waals surface area contributed by atoms with Crippen molar-refractivity contribution in [3.63, 3.8) is 0 Å². The summed E-state index contributed by atoms with van der Waals surface area (Å²) in [5, 5.41) is 6.14. The lowest BCUT2D eigenvalue weighted by atomic mass is 10.2. The first kappa shape index (κ1) is 22.4. The number of ether oxygens (including phenoxy) is 2. The van der Waals surface area contributed by atoms with Crippen LogP contribution in [0.1, 0.15) is 13.8 Å². The predicted octanol–water partition coefficient (Wildman–Crippen LogP) is 2.19. The Morgan fingerprint density at radius 3 is 2.33 bits per heavy atom. The highest BCUT2D eigenvalue weighted by atomic mass is 127. The van der Waals surface area contributed by atoms with Gasteiger partial charge < -0.3 is 20.1 Å². The number of hydrogen-bond donors (Lipinski definition) is 2. The number of carbonyl (C=O) groups excluding carboxylic acids is 1. The Labute approximate surface area is 159 Å². The zero-order chi connectivity index (χ0) is 17.2. The summed E-state index contributed by atoms with van der Waals surface area (Å²) in [5.41, 5.74) is 0. The fourth-order valence-electron chi connectivity index (χ4n) is 1.78. The Balaban J connectivity index is 0.00000529. The van der Waals surface area contributed by atoms with Gasteiger partial charge in [0.25, 0.3) is 0 Å². The van der Waals surface area contributed by atoms with Gasteiger partial charge in [0.15, 0.2) is 5.96 Å². The number of esters is 1. The number of nitrogens with zero attached hydrogens (tertiary/aromatic N) is 1. The van der Waals surface area contributed by atoms with Crippen molar-refractivity contribution < 1.29 is 18.7 Å². The van der Waals surface area contributed by atoms with Crippen molar-refractivity contribution in [2.75, 3.05) is 27.2 Å². The third-order valence-electron chi connectivity index (χ3n) is 3.11. The van der Waals surface area contributed by atoms with Crippen LogP contribution in [-0.4, -0.2) is 45.3 Å². The van der Waals surface area contributed by atoms with Gasteiger partial charge >= 0.3 is 5.97 Å². The molecule has 136 valence electrons. The Morgan fingerprint density at radius 2 is 1.79 bits per heavy atom. The van der Waals surface area contributed by atoms with E-state index in [1.54, 1.807) is 26.1 Å². The van der Waals surface area contributed by atoms with Gasteiger partial charge in [0.1, 0.15) is 17.7 Å². The average Bonchev–Trinajstić information content (AvgIpc) is 2.56. The Bertz CT molecular complexity index is 526. The van der Waals surface area contributed by atoms with Gasteiger partial charge in [-0.05, 0) is 31.2 Å². The first-order valence-electron chi connectivity index (χ1n) is 7.40. The van der Waals surface area contributed by atoms with E-state index < -0.39 is 0 Å². The molecule has 0 radical (unpaired) electrons. The fourth-order valence-corrected chi connectivity index (χ4v) is 1.78.